The lowest BCUT2D eigenvalue weighted by Gasteiger charge is -2.26. The number of hydrogen-bond acceptors (Lipinski definition) is 2. The van der Waals surface area contributed by atoms with Gasteiger partial charge in [0.05, 0.1) is 6.10 Å². The summed E-state index contributed by atoms with van der Waals surface area (Å²) in [4.78, 5) is 0. The second-order valence-electron chi connectivity index (χ2n) is 6.53. The molecule has 2 nitrogen and oxygen atoms in total. The Morgan fingerprint density at radius 2 is 1.85 bits per heavy atom. The van der Waals surface area contributed by atoms with Gasteiger partial charge in [0.15, 0.2) is 0 Å². The molecule has 0 bridgehead atoms. The summed E-state index contributed by atoms with van der Waals surface area (Å²) in [6.45, 7) is 8.58. The summed E-state index contributed by atoms with van der Waals surface area (Å²) < 4.78 is 5.86. The molecule has 1 N–H and O–H groups in total. The smallest absolute Gasteiger partial charge is 0.124 e. The molecule has 20 heavy (non-hydrogen) atoms. The van der Waals surface area contributed by atoms with E-state index in [-0.39, 0.29) is 6.10 Å². The van der Waals surface area contributed by atoms with Gasteiger partial charge < -0.3 is 10.1 Å². The van der Waals surface area contributed by atoms with Gasteiger partial charge in [0, 0.05) is 12.1 Å². The molecule has 0 amide bonds. The van der Waals surface area contributed by atoms with Crippen molar-refractivity contribution in [2.45, 2.75) is 59.1 Å². The molecular formula is C18H29NO. The van der Waals surface area contributed by atoms with Gasteiger partial charge in [-0.25, -0.2) is 0 Å². The maximum Gasteiger partial charge on any atom is 0.124 e. The van der Waals surface area contributed by atoms with E-state index in [9.17, 15) is 0 Å². The van der Waals surface area contributed by atoms with Crippen LogP contribution in [-0.4, -0.2) is 12.6 Å². The van der Waals surface area contributed by atoms with Gasteiger partial charge in [0.2, 0.25) is 0 Å². The van der Waals surface area contributed by atoms with Crippen molar-refractivity contribution in [3.8, 4) is 5.75 Å². The molecule has 1 aliphatic rings. The molecule has 0 saturated heterocycles. The summed E-state index contributed by atoms with van der Waals surface area (Å²) >= 11 is 0. The largest absolute Gasteiger partial charge is 0.491 e. The Bertz CT molecular complexity index is 394. The van der Waals surface area contributed by atoms with Crippen LogP contribution >= 0.6 is 0 Å². The molecule has 112 valence electrons. The summed E-state index contributed by atoms with van der Waals surface area (Å²) in [6.07, 6.45) is 5.81. The normalized spacial score (nSPS) is 23.0. The topological polar surface area (TPSA) is 21.3 Å². The van der Waals surface area contributed by atoms with E-state index in [1.165, 1.54) is 31.2 Å². The number of para-hydroxylation sites is 1. The van der Waals surface area contributed by atoms with E-state index >= 15 is 0 Å². The highest BCUT2D eigenvalue weighted by atomic mass is 16.5. The molecule has 1 aromatic carbocycles. The summed E-state index contributed by atoms with van der Waals surface area (Å²) in [5.74, 6) is 2.82. The first-order valence-corrected chi connectivity index (χ1v) is 8.10. The number of rotatable bonds is 6. The van der Waals surface area contributed by atoms with Crippen molar-refractivity contribution < 1.29 is 4.74 Å². The zero-order chi connectivity index (χ0) is 14.4. The van der Waals surface area contributed by atoms with Crippen LogP contribution in [0.1, 0.15) is 52.0 Å². The SMILES string of the molecule is CC1CCC(CNCc2ccccc2OC(C)C)CC1. The van der Waals surface area contributed by atoms with Crippen LogP contribution in [0.3, 0.4) is 0 Å². The van der Waals surface area contributed by atoms with Crippen molar-refractivity contribution in [1.82, 2.24) is 5.32 Å². The second-order valence-corrected chi connectivity index (χ2v) is 6.53. The minimum Gasteiger partial charge on any atom is -0.491 e. The highest BCUT2D eigenvalue weighted by Crippen LogP contribution is 2.28. The average molecular weight is 275 g/mol. The quantitative estimate of drug-likeness (QED) is 0.831. The molecule has 1 aliphatic carbocycles. The summed E-state index contributed by atoms with van der Waals surface area (Å²) in [5.41, 5.74) is 1.27. The molecule has 0 aliphatic heterocycles. The van der Waals surface area contributed by atoms with E-state index in [1.54, 1.807) is 0 Å². The summed E-state index contributed by atoms with van der Waals surface area (Å²) in [7, 11) is 0. The molecule has 0 atom stereocenters. The predicted molar refractivity (Wildman–Crippen MR) is 85.0 cm³/mol. The molecule has 1 fully saturated rings. The van der Waals surface area contributed by atoms with Crippen molar-refractivity contribution in [3.63, 3.8) is 0 Å². The Kier molecular flexibility index (Phi) is 5.90. The van der Waals surface area contributed by atoms with E-state index in [0.717, 1.165) is 30.7 Å². The number of benzene rings is 1. The van der Waals surface area contributed by atoms with Crippen molar-refractivity contribution in [3.05, 3.63) is 29.8 Å². The van der Waals surface area contributed by atoms with Crippen LogP contribution in [0.5, 0.6) is 5.75 Å². The van der Waals surface area contributed by atoms with Gasteiger partial charge in [-0.1, -0.05) is 38.0 Å². The Labute approximate surface area is 123 Å². The van der Waals surface area contributed by atoms with E-state index in [2.05, 4.69) is 44.3 Å². The van der Waals surface area contributed by atoms with E-state index < -0.39 is 0 Å². The van der Waals surface area contributed by atoms with Crippen LogP contribution in [-0.2, 0) is 6.54 Å². The van der Waals surface area contributed by atoms with Crippen LogP contribution < -0.4 is 10.1 Å². The third-order valence-corrected chi connectivity index (χ3v) is 4.22. The molecule has 0 unspecified atom stereocenters. The predicted octanol–water partition coefficient (Wildman–Crippen LogP) is 4.39. The fourth-order valence-electron chi connectivity index (χ4n) is 2.96. The van der Waals surface area contributed by atoms with Crippen molar-refractivity contribution in [2.24, 2.45) is 11.8 Å². The van der Waals surface area contributed by atoms with Gasteiger partial charge in [-0.05, 0) is 51.1 Å². The lowest BCUT2D eigenvalue weighted by molar-refractivity contribution is 0.238. The highest BCUT2D eigenvalue weighted by Gasteiger charge is 2.17. The summed E-state index contributed by atoms with van der Waals surface area (Å²) in [5, 5.41) is 3.62. The molecule has 0 aromatic heterocycles. The zero-order valence-electron chi connectivity index (χ0n) is 13.2. The molecule has 0 spiro atoms. The van der Waals surface area contributed by atoms with Gasteiger partial charge >= 0.3 is 0 Å². The second kappa shape index (κ2) is 7.68. The third kappa shape index (κ3) is 4.82. The van der Waals surface area contributed by atoms with Gasteiger partial charge in [0.25, 0.3) is 0 Å². The van der Waals surface area contributed by atoms with Crippen LogP contribution in [0, 0.1) is 11.8 Å². The van der Waals surface area contributed by atoms with E-state index in [0.29, 0.717) is 0 Å². The highest BCUT2D eigenvalue weighted by molar-refractivity contribution is 5.33. The maximum atomic E-state index is 5.86. The maximum absolute atomic E-state index is 5.86. The molecule has 2 rings (SSSR count). The van der Waals surface area contributed by atoms with Gasteiger partial charge in [0.1, 0.15) is 5.75 Å². The van der Waals surface area contributed by atoms with Crippen LogP contribution in [0.15, 0.2) is 24.3 Å². The molecule has 2 heteroatoms. The summed E-state index contributed by atoms with van der Waals surface area (Å²) in [6, 6.07) is 8.36. The third-order valence-electron chi connectivity index (χ3n) is 4.22. The Morgan fingerprint density at radius 1 is 1.15 bits per heavy atom. The molecule has 0 heterocycles. The van der Waals surface area contributed by atoms with Crippen LogP contribution in [0.4, 0.5) is 0 Å². The van der Waals surface area contributed by atoms with E-state index in [1.807, 2.05) is 6.07 Å². The molecular weight excluding hydrogens is 246 g/mol. The van der Waals surface area contributed by atoms with Gasteiger partial charge in [-0.3, -0.25) is 0 Å². The van der Waals surface area contributed by atoms with Gasteiger partial charge in [-0.15, -0.1) is 0 Å². The monoisotopic (exact) mass is 275 g/mol. The first kappa shape index (κ1) is 15.4. The fraction of sp³-hybridized carbons (Fsp3) is 0.667. The lowest BCUT2D eigenvalue weighted by atomic mass is 9.83. The standard InChI is InChI=1S/C18H29NO/c1-14(2)20-18-7-5-4-6-17(18)13-19-12-16-10-8-15(3)9-11-16/h4-7,14-16,19H,8-13H2,1-3H3. The Balaban J connectivity index is 1.79. The Hall–Kier alpha value is -1.02. The van der Waals surface area contributed by atoms with Crippen molar-refractivity contribution >= 4 is 0 Å². The fourth-order valence-corrected chi connectivity index (χ4v) is 2.96. The van der Waals surface area contributed by atoms with E-state index in [4.69, 9.17) is 4.74 Å². The number of nitrogens with one attached hydrogen (secondary N) is 1. The van der Waals surface area contributed by atoms with Crippen molar-refractivity contribution in [1.29, 1.82) is 0 Å². The van der Waals surface area contributed by atoms with Gasteiger partial charge in [-0.2, -0.15) is 0 Å². The van der Waals surface area contributed by atoms with Crippen LogP contribution in [0.2, 0.25) is 0 Å². The first-order chi connectivity index (χ1) is 9.65. The Morgan fingerprint density at radius 3 is 2.55 bits per heavy atom. The molecule has 1 aromatic rings. The van der Waals surface area contributed by atoms with Crippen molar-refractivity contribution in [2.75, 3.05) is 6.54 Å². The van der Waals surface area contributed by atoms with Crippen LogP contribution in [0.25, 0.3) is 0 Å². The molecule has 0 radical (unpaired) electrons. The minimum absolute atomic E-state index is 0.232. The average Bonchev–Trinajstić information content (AvgIpc) is 2.42. The first-order valence-electron chi connectivity index (χ1n) is 8.10. The minimum atomic E-state index is 0.232. The number of hydrogen-bond donors (Lipinski definition) is 1. The molecule has 1 saturated carbocycles. The zero-order valence-corrected chi connectivity index (χ0v) is 13.2. The lowest BCUT2D eigenvalue weighted by Crippen LogP contribution is -2.26. The number of ether oxygens (including phenoxy) is 1.